The fourth-order valence-electron chi connectivity index (χ4n) is 3.78. The van der Waals surface area contributed by atoms with Gasteiger partial charge in [-0.3, -0.25) is 20.4 Å². The van der Waals surface area contributed by atoms with Gasteiger partial charge in [-0.05, 0) is 53.4 Å². The number of halogens is 1. The number of hydrogen-bond acceptors (Lipinski definition) is 5. The smallest absolute Gasteiger partial charge is 0.269 e. The molecule has 1 saturated carbocycles. The molecule has 0 aliphatic heterocycles. The van der Waals surface area contributed by atoms with Crippen LogP contribution in [0.3, 0.4) is 0 Å². The van der Waals surface area contributed by atoms with E-state index in [2.05, 4.69) is 26.3 Å². The van der Waals surface area contributed by atoms with E-state index < -0.39 is 11.3 Å². The highest BCUT2D eigenvalue weighted by molar-refractivity contribution is 5.97. The maximum absolute atomic E-state index is 13.2. The molecule has 1 aliphatic carbocycles. The topological polar surface area (TPSA) is 102 Å². The highest BCUT2D eigenvalue weighted by atomic mass is 19.1. The first-order valence-corrected chi connectivity index (χ1v) is 10.8. The predicted molar refractivity (Wildman–Crippen MR) is 122 cm³/mol. The molecule has 1 heterocycles. The number of benzene rings is 3. The van der Waals surface area contributed by atoms with E-state index in [-0.39, 0.29) is 11.7 Å². The summed E-state index contributed by atoms with van der Waals surface area (Å²) in [4.78, 5) is 26.6. The molecule has 0 atom stereocenters. The standard InChI is InChI=1S/C25H21FN6O2/c26-21-12-10-20(11-13-21)25(14-15-25)24(34)29-28-23(33)19-8-6-17(7-9-19)16-32-30-22(27-31-32)18-4-2-1-3-5-18/h1-13H,14-16H2,(H,28,33)(H,29,34). The maximum atomic E-state index is 13.2. The van der Waals surface area contributed by atoms with Crippen LogP contribution in [-0.4, -0.2) is 32.0 Å². The number of hydrazine groups is 1. The van der Waals surface area contributed by atoms with E-state index in [1.54, 1.807) is 36.4 Å². The molecule has 170 valence electrons. The highest BCUT2D eigenvalue weighted by Crippen LogP contribution is 2.48. The molecule has 8 nitrogen and oxygen atoms in total. The first-order valence-electron chi connectivity index (χ1n) is 10.8. The fourth-order valence-corrected chi connectivity index (χ4v) is 3.78. The molecule has 1 aromatic heterocycles. The van der Waals surface area contributed by atoms with Gasteiger partial charge in [0.15, 0.2) is 0 Å². The van der Waals surface area contributed by atoms with Crippen LogP contribution in [-0.2, 0) is 16.8 Å². The van der Waals surface area contributed by atoms with Crippen LogP contribution in [0.2, 0.25) is 0 Å². The Kier molecular flexibility index (Phi) is 5.59. The first kappa shape index (κ1) is 21.4. The number of nitrogens with one attached hydrogen (secondary N) is 2. The Morgan fingerprint density at radius 1 is 0.912 bits per heavy atom. The summed E-state index contributed by atoms with van der Waals surface area (Å²) in [6, 6.07) is 22.4. The molecule has 5 rings (SSSR count). The molecule has 3 aromatic carbocycles. The van der Waals surface area contributed by atoms with Gasteiger partial charge in [0.1, 0.15) is 5.82 Å². The van der Waals surface area contributed by atoms with E-state index in [1.807, 2.05) is 30.3 Å². The molecule has 0 bridgehead atoms. The van der Waals surface area contributed by atoms with E-state index >= 15 is 0 Å². The molecule has 4 aromatic rings. The van der Waals surface area contributed by atoms with Gasteiger partial charge in [-0.1, -0.05) is 54.6 Å². The van der Waals surface area contributed by atoms with Gasteiger partial charge >= 0.3 is 0 Å². The molecule has 0 spiro atoms. The molecule has 9 heteroatoms. The Morgan fingerprint density at radius 2 is 1.62 bits per heavy atom. The van der Waals surface area contributed by atoms with Crippen LogP contribution in [0.25, 0.3) is 11.4 Å². The second-order valence-corrected chi connectivity index (χ2v) is 8.20. The molecule has 0 saturated heterocycles. The lowest BCUT2D eigenvalue weighted by Crippen LogP contribution is -2.46. The molecule has 2 amide bonds. The minimum absolute atomic E-state index is 0.310. The summed E-state index contributed by atoms with van der Waals surface area (Å²) in [6.45, 7) is 0.401. The zero-order chi connectivity index (χ0) is 23.5. The number of tetrazole rings is 1. The van der Waals surface area contributed by atoms with E-state index in [0.29, 0.717) is 30.8 Å². The Bertz CT molecular complexity index is 1320. The molecule has 2 N–H and O–H groups in total. The second-order valence-electron chi connectivity index (χ2n) is 8.20. The van der Waals surface area contributed by atoms with Crippen molar-refractivity contribution in [3.8, 4) is 11.4 Å². The number of nitrogens with zero attached hydrogens (tertiary/aromatic N) is 4. The lowest BCUT2D eigenvalue weighted by molar-refractivity contribution is -0.124. The maximum Gasteiger partial charge on any atom is 0.269 e. The molecular formula is C25H21FN6O2. The van der Waals surface area contributed by atoms with Crippen molar-refractivity contribution in [3.63, 3.8) is 0 Å². The summed E-state index contributed by atoms with van der Waals surface area (Å²) < 4.78 is 13.2. The summed E-state index contributed by atoms with van der Waals surface area (Å²) >= 11 is 0. The van der Waals surface area contributed by atoms with Crippen molar-refractivity contribution in [2.45, 2.75) is 24.8 Å². The van der Waals surface area contributed by atoms with Crippen molar-refractivity contribution in [3.05, 3.63) is 101 Å². The number of hydrogen-bond donors (Lipinski definition) is 2. The normalized spacial score (nSPS) is 13.8. The van der Waals surface area contributed by atoms with E-state index in [0.717, 1.165) is 16.7 Å². The van der Waals surface area contributed by atoms with Gasteiger partial charge in [0.05, 0.1) is 12.0 Å². The third kappa shape index (κ3) is 4.40. The van der Waals surface area contributed by atoms with Crippen LogP contribution in [0.1, 0.15) is 34.3 Å². The van der Waals surface area contributed by atoms with Crippen LogP contribution in [0, 0.1) is 5.82 Å². The first-order chi connectivity index (χ1) is 16.5. The average Bonchev–Trinajstić information content (AvgIpc) is 3.56. The van der Waals surface area contributed by atoms with Gasteiger partial charge in [-0.25, -0.2) is 4.39 Å². The largest absolute Gasteiger partial charge is 0.272 e. The zero-order valence-corrected chi connectivity index (χ0v) is 18.1. The number of rotatable bonds is 6. The summed E-state index contributed by atoms with van der Waals surface area (Å²) in [7, 11) is 0. The molecular weight excluding hydrogens is 435 g/mol. The number of aromatic nitrogens is 4. The lowest BCUT2D eigenvalue weighted by atomic mass is 9.95. The van der Waals surface area contributed by atoms with Crippen molar-refractivity contribution in [1.29, 1.82) is 0 Å². The van der Waals surface area contributed by atoms with Gasteiger partial charge < -0.3 is 0 Å². The molecule has 34 heavy (non-hydrogen) atoms. The van der Waals surface area contributed by atoms with E-state index in [1.165, 1.54) is 16.9 Å². The monoisotopic (exact) mass is 456 g/mol. The van der Waals surface area contributed by atoms with Gasteiger partial charge in [0, 0.05) is 11.1 Å². The van der Waals surface area contributed by atoms with Crippen molar-refractivity contribution >= 4 is 11.8 Å². The van der Waals surface area contributed by atoms with E-state index in [9.17, 15) is 14.0 Å². The second kappa shape index (κ2) is 8.86. The van der Waals surface area contributed by atoms with Crippen molar-refractivity contribution in [1.82, 2.24) is 31.1 Å². The van der Waals surface area contributed by atoms with Crippen LogP contribution < -0.4 is 10.9 Å². The quantitative estimate of drug-likeness (QED) is 0.435. The SMILES string of the molecule is O=C(NNC(=O)C1(c2ccc(F)cc2)CC1)c1ccc(Cn2nnc(-c3ccccc3)n2)cc1. The Balaban J connectivity index is 1.17. The minimum Gasteiger partial charge on any atom is -0.272 e. The highest BCUT2D eigenvalue weighted by Gasteiger charge is 2.51. The Hall–Kier alpha value is -4.40. The summed E-state index contributed by atoms with van der Waals surface area (Å²) in [6.07, 6.45) is 1.30. The van der Waals surface area contributed by atoms with E-state index in [4.69, 9.17) is 0 Å². The van der Waals surface area contributed by atoms with Crippen LogP contribution in [0.15, 0.2) is 78.9 Å². The fraction of sp³-hybridized carbons (Fsp3) is 0.160. The molecule has 1 fully saturated rings. The summed E-state index contributed by atoms with van der Waals surface area (Å²) in [5.74, 6) is -0.551. The average molecular weight is 456 g/mol. The van der Waals surface area contributed by atoms with Crippen molar-refractivity contribution < 1.29 is 14.0 Å². The van der Waals surface area contributed by atoms with Crippen LogP contribution in [0.4, 0.5) is 4.39 Å². The summed E-state index contributed by atoms with van der Waals surface area (Å²) in [5, 5.41) is 12.5. The molecule has 0 radical (unpaired) electrons. The third-order valence-electron chi connectivity index (χ3n) is 5.90. The van der Waals surface area contributed by atoms with Crippen molar-refractivity contribution in [2.75, 3.05) is 0 Å². The predicted octanol–water partition coefficient (Wildman–Crippen LogP) is 3.02. The lowest BCUT2D eigenvalue weighted by Gasteiger charge is -2.16. The molecule has 1 aliphatic rings. The Morgan fingerprint density at radius 3 is 2.29 bits per heavy atom. The van der Waals surface area contributed by atoms with Gasteiger partial charge in [-0.15, -0.1) is 10.2 Å². The number of carbonyl (C=O) groups is 2. The number of amides is 2. The van der Waals surface area contributed by atoms with Gasteiger partial charge in [0.25, 0.3) is 5.91 Å². The third-order valence-corrected chi connectivity index (χ3v) is 5.90. The minimum atomic E-state index is -0.714. The Labute approximate surface area is 194 Å². The molecule has 0 unspecified atom stereocenters. The van der Waals surface area contributed by atoms with Gasteiger partial charge in [0.2, 0.25) is 11.7 Å². The zero-order valence-electron chi connectivity index (χ0n) is 18.1. The van der Waals surface area contributed by atoms with Gasteiger partial charge in [-0.2, -0.15) is 4.80 Å². The van der Waals surface area contributed by atoms with Crippen LogP contribution >= 0.6 is 0 Å². The summed E-state index contributed by atoms with van der Waals surface area (Å²) in [5.41, 5.74) is 7.17. The van der Waals surface area contributed by atoms with Crippen molar-refractivity contribution in [2.24, 2.45) is 0 Å². The van der Waals surface area contributed by atoms with Crippen LogP contribution in [0.5, 0.6) is 0 Å². The number of carbonyl (C=O) groups excluding carboxylic acids is 2.